The number of imidazole rings is 1. The third kappa shape index (κ3) is 5.55. The monoisotopic (exact) mass is 424 g/mol. The van der Waals surface area contributed by atoms with Crippen LogP contribution < -0.4 is 5.32 Å². The summed E-state index contributed by atoms with van der Waals surface area (Å²) in [6.45, 7) is 7.87. The van der Waals surface area contributed by atoms with Crippen LogP contribution in [0.25, 0.3) is 11.4 Å². The lowest BCUT2D eigenvalue weighted by Crippen LogP contribution is -2.37. The van der Waals surface area contributed by atoms with Gasteiger partial charge in [-0.1, -0.05) is 43.7 Å². The number of nitrogens with one attached hydrogen (secondary N) is 1. The summed E-state index contributed by atoms with van der Waals surface area (Å²) in [5, 5.41) is 3.09. The van der Waals surface area contributed by atoms with Gasteiger partial charge in [0, 0.05) is 38.3 Å². The van der Waals surface area contributed by atoms with E-state index in [2.05, 4.69) is 33.8 Å². The largest absolute Gasteiger partial charge is 0.378 e. The lowest BCUT2D eigenvalue weighted by Gasteiger charge is -2.30. The highest BCUT2D eigenvalue weighted by Crippen LogP contribution is 2.27. The van der Waals surface area contributed by atoms with Gasteiger partial charge in [0.25, 0.3) is 5.91 Å². The van der Waals surface area contributed by atoms with Crippen LogP contribution in [-0.2, 0) is 17.7 Å². The maximum absolute atomic E-state index is 13.0. The maximum atomic E-state index is 13.0. The Morgan fingerprint density at radius 3 is 2.71 bits per heavy atom. The van der Waals surface area contributed by atoms with Gasteiger partial charge in [0.05, 0.1) is 11.8 Å². The van der Waals surface area contributed by atoms with Gasteiger partial charge in [-0.15, -0.1) is 0 Å². The van der Waals surface area contributed by atoms with Gasteiger partial charge in [-0.25, -0.2) is 4.98 Å². The normalized spacial score (nSPS) is 17.8. The Morgan fingerprint density at radius 1 is 1.13 bits per heavy atom. The number of hydrogen-bond acceptors (Lipinski definition) is 4. The summed E-state index contributed by atoms with van der Waals surface area (Å²) < 4.78 is 8.30. The predicted molar refractivity (Wildman–Crippen MR) is 123 cm³/mol. The van der Waals surface area contributed by atoms with Gasteiger partial charge in [-0.05, 0) is 45.1 Å². The highest BCUT2D eigenvalue weighted by molar-refractivity contribution is 5.94. The summed E-state index contributed by atoms with van der Waals surface area (Å²) in [7, 11) is 0. The molecule has 0 unspecified atom stereocenters. The molecule has 0 spiro atoms. The molecule has 1 aromatic heterocycles. The first-order valence-corrected chi connectivity index (χ1v) is 12.0. The first-order chi connectivity index (χ1) is 15.3. The third-order valence-electron chi connectivity index (χ3n) is 6.56. The summed E-state index contributed by atoms with van der Waals surface area (Å²) in [5.41, 5.74) is 2.77. The summed E-state index contributed by atoms with van der Waals surface area (Å²) >= 11 is 0. The van der Waals surface area contributed by atoms with Crippen LogP contribution in [0.1, 0.15) is 61.6 Å². The second kappa shape index (κ2) is 10.9. The SMILES string of the molecule is CCN1CCC(OCCCNC(=O)c2nc(-c3ccccc3)n3c2CCCCC3)CC1. The Morgan fingerprint density at radius 2 is 1.94 bits per heavy atom. The molecule has 1 fully saturated rings. The van der Waals surface area contributed by atoms with E-state index in [1.165, 1.54) is 6.42 Å². The number of aromatic nitrogens is 2. The van der Waals surface area contributed by atoms with E-state index < -0.39 is 0 Å². The Hall–Kier alpha value is -2.18. The first-order valence-electron chi connectivity index (χ1n) is 12.0. The van der Waals surface area contributed by atoms with Crippen LogP contribution in [0, 0.1) is 0 Å². The molecule has 1 N–H and O–H groups in total. The average molecular weight is 425 g/mol. The number of ether oxygens (including phenoxy) is 1. The zero-order valence-corrected chi connectivity index (χ0v) is 18.8. The number of carbonyl (C=O) groups excluding carboxylic acids is 1. The van der Waals surface area contributed by atoms with Gasteiger partial charge < -0.3 is 19.5 Å². The highest BCUT2D eigenvalue weighted by Gasteiger charge is 2.24. The van der Waals surface area contributed by atoms with E-state index in [0.29, 0.717) is 24.9 Å². The van der Waals surface area contributed by atoms with Gasteiger partial charge in [-0.2, -0.15) is 0 Å². The van der Waals surface area contributed by atoms with Crippen molar-refractivity contribution in [3.63, 3.8) is 0 Å². The number of likely N-dealkylation sites (tertiary alicyclic amines) is 1. The molecule has 0 aliphatic carbocycles. The van der Waals surface area contributed by atoms with Crippen molar-refractivity contribution in [3.8, 4) is 11.4 Å². The number of rotatable bonds is 8. The number of fused-ring (bicyclic) bond motifs is 1. The van der Waals surface area contributed by atoms with Crippen molar-refractivity contribution in [3.05, 3.63) is 41.7 Å². The predicted octanol–water partition coefficient (Wildman–Crippen LogP) is 3.90. The Balaban J connectivity index is 1.32. The van der Waals surface area contributed by atoms with E-state index in [1.54, 1.807) is 0 Å². The van der Waals surface area contributed by atoms with Crippen LogP contribution in [0.15, 0.2) is 30.3 Å². The maximum Gasteiger partial charge on any atom is 0.271 e. The fourth-order valence-corrected chi connectivity index (χ4v) is 4.71. The smallest absolute Gasteiger partial charge is 0.271 e. The zero-order valence-electron chi connectivity index (χ0n) is 18.8. The molecule has 3 heterocycles. The average Bonchev–Trinajstić information content (AvgIpc) is 3.00. The third-order valence-corrected chi connectivity index (χ3v) is 6.56. The number of benzene rings is 1. The fraction of sp³-hybridized carbons (Fsp3) is 0.600. The van der Waals surface area contributed by atoms with Crippen molar-refractivity contribution in [2.75, 3.05) is 32.8 Å². The minimum atomic E-state index is -0.0518. The molecule has 2 aromatic rings. The minimum Gasteiger partial charge on any atom is -0.378 e. The van der Waals surface area contributed by atoms with E-state index in [4.69, 9.17) is 9.72 Å². The van der Waals surface area contributed by atoms with E-state index in [-0.39, 0.29) is 5.91 Å². The van der Waals surface area contributed by atoms with E-state index in [9.17, 15) is 4.79 Å². The number of piperidine rings is 1. The lowest BCUT2D eigenvalue weighted by atomic mass is 10.1. The van der Waals surface area contributed by atoms with Crippen molar-refractivity contribution >= 4 is 5.91 Å². The second-order valence-corrected chi connectivity index (χ2v) is 8.67. The Labute approximate surface area is 186 Å². The minimum absolute atomic E-state index is 0.0518. The molecule has 1 amide bonds. The van der Waals surface area contributed by atoms with Crippen LogP contribution in [0.2, 0.25) is 0 Å². The molecular weight excluding hydrogens is 388 g/mol. The van der Waals surface area contributed by atoms with Gasteiger partial charge in [0.15, 0.2) is 0 Å². The standard InChI is InChI=1S/C25H36N4O2/c1-2-28-17-13-21(14-18-28)31-19-9-15-26-25(30)23-22-12-7-4-8-16-29(22)24(27-23)20-10-5-3-6-11-20/h3,5-6,10-11,21H,2,4,7-9,12-19H2,1H3,(H,26,30). The number of hydrogen-bond donors (Lipinski definition) is 1. The van der Waals surface area contributed by atoms with Crippen LogP contribution in [-0.4, -0.2) is 59.2 Å². The molecule has 4 rings (SSSR count). The number of carbonyl (C=O) groups is 1. The lowest BCUT2D eigenvalue weighted by molar-refractivity contribution is 0.00783. The van der Waals surface area contributed by atoms with Crippen LogP contribution in [0.5, 0.6) is 0 Å². The summed E-state index contributed by atoms with van der Waals surface area (Å²) in [6.07, 6.45) is 7.81. The van der Waals surface area contributed by atoms with E-state index >= 15 is 0 Å². The quantitative estimate of drug-likeness (QED) is 0.653. The molecule has 0 saturated carbocycles. The first kappa shape index (κ1) is 22.0. The molecule has 31 heavy (non-hydrogen) atoms. The van der Waals surface area contributed by atoms with Crippen LogP contribution >= 0.6 is 0 Å². The van der Waals surface area contributed by atoms with Crippen molar-refractivity contribution in [1.29, 1.82) is 0 Å². The van der Waals surface area contributed by atoms with E-state index in [1.807, 2.05) is 18.2 Å². The molecule has 0 bridgehead atoms. The van der Waals surface area contributed by atoms with Crippen LogP contribution in [0.4, 0.5) is 0 Å². The Kier molecular flexibility index (Phi) is 7.76. The van der Waals surface area contributed by atoms with Gasteiger partial charge in [0.2, 0.25) is 0 Å². The van der Waals surface area contributed by atoms with Crippen molar-refractivity contribution in [1.82, 2.24) is 19.8 Å². The topological polar surface area (TPSA) is 59.4 Å². The molecule has 1 aromatic carbocycles. The fourth-order valence-electron chi connectivity index (χ4n) is 4.71. The molecule has 6 heteroatoms. The molecule has 6 nitrogen and oxygen atoms in total. The van der Waals surface area contributed by atoms with Crippen molar-refractivity contribution in [2.45, 2.75) is 64.5 Å². The Bertz CT molecular complexity index is 841. The second-order valence-electron chi connectivity index (χ2n) is 8.67. The summed E-state index contributed by atoms with van der Waals surface area (Å²) in [5.74, 6) is 0.869. The number of nitrogens with zero attached hydrogens (tertiary/aromatic N) is 3. The molecule has 2 aliphatic heterocycles. The highest BCUT2D eigenvalue weighted by atomic mass is 16.5. The molecule has 0 radical (unpaired) electrons. The van der Waals surface area contributed by atoms with Crippen molar-refractivity contribution in [2.24, 2.45) is 0 Å². The summed E-state index contributed by atoms with van der Waals surface area (Å²) in [4.78, 5) is 20.3. The molecule has 0 atom stereocenters. The molecule has 168 valence electrons. The molecule has 2 aliphatic rings. The van der Waals surface area contributed by atoms with Gasteiger partial charge >= 0.3 is 0 Å². The molecular formula is C25H36N4O2. The zero-order chi connectivity index (χ0) is 21.5. The van der Waals surface area contributed by atoms with Gasteiger partial charge in [0.1, 0.15) is 11.5 Å². The van der Waals surface area contributed by atoms with Crippen molar-refractivity contribution < 1.29 is 9.53 Å². The molecule has 1 saturated heterocycles. The van der Waals surface area contributed by atoms with Crippen LogP contribution in [0.3, 0.4) is 0 Å². The van der Waals surface area contributed by atoms with Gasteiger partial charge in [-0.3, -0.25) is 4.79 Å². The number of amides is 1. The summed E-state index contributed by atoms with van der Waals surface area (Å²) in [6, 6.07) is 10.2. The van der Waals surface area contributed by atoms with E-state index in [0.717, 1.165) is 81.8 Å².